The zero-order valence-corrected chi connectivity index (χ0v) is 9.13. The highest BCUT2D eigenvalue weighted by Gasteiger charge is 2.18. The summed E-state index contributed by atoms with van der Waals surface area (Å²) in [7, 11) is 0. The normalized spacial score (nSPS) is 15.7. The second kappa shape index (κ2) is 4.17. The molecule has 1 N–H and O–H groups in total. The van der Waals surface area contributed by atoms with Gasteiger partial charge in [0.05, 0.1) is 0 Å². The van der Waals surface area contributed by atoms with Crippen LogP contribution in [0.2, 0.25) is 0 Å². The van der Waals surface area contributed by atoms with Crippen LogP contribution in [-0.2, 0) is 0 Å². The zero-order valence-electron chi connectivity index (χ0n) is 8.31. The van der Waals surface area contributed by atoms with Crippen LogP contribution in [0.15, 0.2) is 36.7 Å². The summed E-state index contributed by atoms with van der Waals surface area (Å²) >= 11 is 0. The lowest BCUT2D eigenvalue weighted by Gasteiger charge is -2.27. The lowest BCUT2D eigenvalue weighted by Crippen LogP contribution is -2.39. The molecule has 2 nitrogen and oxygen atoms in total. The third kappa shape index (κ3) is 1.83. The Hall–Kier alpha value is -1.12. The van der Waals surface area contributed by atoms with E-state index in [0.717, 1.165) is 13.1 Å². The van der Waals surface area contributed by atoms with Gasteiger partial charge in [0.25, 0.3) is 0 Å². The Balaban J connectivity index is 0.000000853. The second-order valence-electron chi connectivity index (χ2n) is 3.84. The Bertz CT molecular complexity index is 466. The first-order valence-corrected chi connectivity index (χ1v) is 4.98. The second-order valence-corrected chi connectivity index (χ2v) is 3.84. The SMILES string of the molecule is Cl.c1cc2cc(C3CNC3)ccc2cn1. The molecule has 2 aromatic rings. The number of pyridine rings is 1. The number of halogens is 1. The van der Waals surface area contributed by atoms with E-state index in [9.17, 15) is 0 Å². The van der Waals surface area contributed by atoms with Crippen LogP contribution in [0, 0.1) is 0 Å². The number of hydrogen-bond acceptors (Lipinski definition) is 2. The highest BCUT2D eigenvalue weighted by Crippen LogP contribution is 2.23. The third-order valence-corrected chi connectivity index (χ3v) is 2.92. The molecular formula is C12H13ClN2. The number of rotatable bonds is 1. The number of nitrogens with zero attached hydrogens (tertiary/aromatic N) is 1. The van der Waals surface area contributed by atoms with Crippen molar-refractivity contribution in [1.29, 1.82) is 0 Å². The third-order valence-electron chi connectivity index (χ3n) is 2.92. The molecule has 1 aliphatic heterocycles. The van der Waals surface area contributed by atoms with Crippen LogP contribution in [0.25, 0.3) is 10.8 Å². The highest BCUT2D eigenvalue weighted by molar-refractivity contribution is 5.85. The van der Waals surface area contributed by atoms with Crippen molar-refractivity contribution in [2.45, 2.75) is 5.92 Å². The standard InChI is InChI=1S/C12H12N2.ClH/c1-2-11-6-13-4-3-10(11)5-9(1)12-7-14-8-12;/h1-6,12,14H,7-8H2;1H. The molecule has 78 valence electrons. The first kappa shape index (κ1) is 10.4. The van der Waals surface area contributed by atoms with Gasteiger partial charge in [-0.2, -0.15) is 0 Å². The van der Waals surface area contributed by atoms with E-state index < -0.39 is 0 Å². The maximum absolute atomic E-state index is 4.11. The molecule has 0 unspecified atom stereocenters. The predicted octanol–water partition coefficient (Wildman–Crippen LogP) is 2.34. The Morgan fingerprint density at radius 2 is 2.00 bits per heavy atom. The molecule has 3 rings (SSSR count). The lowest BCUT2D eigenvalue weighted by molar-refractivity contribution is 0.449. The van der Waals surface area contributed by atoms with Crippen molar-refractivity contribution in [3.63, 3.8) is 0 Å². The number of benzene rings is 1. The van der Waals surface area contributed by atoms with E-state index in [0.29, 0.717) is 5.92 Å². The van der Waals surface area contributed by atoms with Gasteiger partial charge in [0, 0.05) is 36.8 Å². The summed E-state index contributed by atoms with van der Waals surface area (Å²) in [4.78, 5) is 4.11. The van der Waals surface area contributed by atoms with Gasteiger partial charge in [-0.25, -0.2) is 0 Å². The number of aromatic nitrogens is 1. The average molecular weight is 221 g/mol. The van der Waals surface area contributed by atoms with Crippen molar-refractivity contribution in [1.82, 2.24) is 10.3 Å². The lowest BCUT2D eigenvalue weighted by atomic mass is 9.92. The summed E-state index contributed by atoms with van der Waals surface area (Å²) in [5.74, 6) is 0.715. The summed E-state index contributed by atoms with van der Waals surface area (Å²) in [6.07, 6.45) is 3.77. The molecular weight excluding hydrogens is 208 g/mol. The molecule has 3 heteroatoms. The molecule has 0 aliphatic carbocycles. The Morgan fingerprint density at radius 3 is 2.73 bits per heavy atom. The fourth-order valence-electron chi connectivity index (χ4n) is 1.88. The molecule has 1 aliphatic rings. The van der Waals surface area contributed by atoms with Gasteiger partial charge < -0.3 is 5.32 Å². The van der Waals surface area contributed by atoms with E-state index in [1.807, 2.05) is 12.4 Å². The fourth-order valence-corrected chi connectivity index (χ4v) is 1.88. The first-order valence-electron chi connectivity index (χ1n) is 4.98. The number of hydrogen-bond donors (Lipinski definition) is 1. The molecule has 0 atom stereocenters. The van der Waals surface area contributed by atoms with Gasteiger partial charge in [-0.1, -0.05) is 18.2 Å². The summed E-state index contributed by atoms with van der Waals surface area (Å²) in [5, 5.41) is 5.82. The van der Waals surface area contributed by atoms with Crippen LogP contribution in [-0.4, -0.2) is 18.1 Å². The van der Waals surface area contributed by atoms with Crippen LogP contribution in [0.1, 0.15) is 11.5 Å². The molecule has 1 fully saturated rings. The topological polar surface area (TPSA) is 24.9 Å². The average Bonchev–Trinajstić information content (AvgIpc) is 2.15. The van der Waals surface area contributed by atoms with E-state index in [2.05, 4.69) is 34.6 Å². The van der Waals surface area contributed by atoms with Gasteiger partial charge in [-0.3, -0.25) is 4.98 Å². The van der Waals surface area contributed by atoms with E-state index >= 15 is 0 Å². The summed E-state index contributed by atoms with van der Waals surface area (Å²) in [6.45, 7) is 2.24. The summed E-state index contributed by atoms with van der Waals surface area (Å²) < 4.78 is 0. The molecule has 2 heterocycles. The van der Waals surface area contributed by atoms with Gasteiger partial charge in [0.2, 0.25) is 0 Å². The number of nitrogens with one attached hydrogen (secondary N) is 1. The van der Waals surface area contributed by atoms with E-state index in [1.54, 1.807) is 0 Å². The van der Waals surface area contributed by atoms with Gasteiger partial charge in [0.15, 0.2) is 0 Å². The molecule has 0 saturated carbocycles. The predicted molar refractivity (Wildman–Crippen MR) is 64.6 cm³/mol. The van der Waals surface area contributed by atoms with Crippen LogP contribution in [0.5, 0.6) is 0 Å². The summed E-state index contributed by atoms with van der Waals surface area (Å²) in [6, 6.07) is 8.74. The first-order chi connectivity index (χ1) is 6.93. The molecule has 15 heavy (non-hydrogen) atoms. The van der Waals surface area contributed by atoms with Crippen LogP contribution >= 0.6 is 12.4 Å². The fraction of sp³-hybridized carbons (Fsp3) is 0.250. The van der Waals surface area contributed by atoms with Crippen LogP contribution < -0.4 is 5.32 Å². The smallest absolute Gasteiger partial charge is 0.0346 e. The van der Waals surface area contributed by atoms with Crippen molar-refractivity contribution < 1.29 is 0 Å². The Labute approximate surface area is 95.1 Å². The monoisotopic (exact) mass is 220 g/mol. The minimum Gasteiger partial charge on any atom is -0.315 e. The van der Waals surface area contributed by atoms with Crippen molar-refractivity contribution in [3.05, 3.63) is 42.2 Å². The quantitative estimate of drug-likeness (QED) is 0.798. The molecule has 0 spiro atoms. The van der Waals surface area contributed by atoms with Crippen LogP contribution in [0.4, 0.5) is 0 Å². The largest absolute Gasteiger partial charge is 0.315 e. The Kier molecular flexibility index (Phi) is 2.89. The van der Waals surface area contributed by atoms with Crippen LogP contribution in [0.3, 0.4) is 0 Å². The minimum absolute atomic E-state index is 0. The summed E-state index contributed by atoms with van der Waals surface area (Å²) in [5.41, 5.74) is 1.45. The molecule has 1 aromatic carbocycles. The Morgan fingerprint density at radius 1 is 1.13 bits per heavy atom. The van der Waals surface area contributed by atoms with Gasteiger partial charge in [-0.05, 0) is 17.0 Å². The minimum atomic E-state index is 0. The molecule has 1 aromatic heterocycles. The van der Waals surface area contributed by atoms with Crippen molar-refractivity contribution in [2.75, 3.05) is 13.1 Å². The maximum Gasteiger partial charge on any atom is 0.0346 e. The molecule has 0 radical (unpaired) electrons. The number of fused-ring (bicyclic) bond motifs is 1. The van der Waals surface area contributed by atoms with Crippen molar-refractivity contribution >= 4 is 23.2 Å². The van der Waals surface area contributed by atoms with E-state index in [1.165, 1.54) is 16.3 Å². The molecule has 0 amide bonds. The zero-order chi connectivity index (χ0) is 9.38. The van der Waals surface area contributed by atoms with Crippen molar-refractivity contribution in [2.24, 2.45) is 0 Å². The van der Waals surface area contributed by atoms with Gasteiger partial charge in [-0.15, -0.1) is 12.4 Å². The van der Waals surface area contributed by atoms with E-state index in [4.69, 9.17) is 0 Å². The van der Waals surface area contributed by atoms with Crippen molar-refractivity contribution in [3.8, 4) is 0 Å². The maximum atomic E-state index is 4.11. The molecule has 1 saturated heterocycles. The molecule has 0 bridgehead atoms. The van der Waals surface area contributed by atoms with E-state index in [-0.39, 0.29) is 12.4 Å². The highest BCUT2D eigenvalue weighted by atomic mass is 35.5. The van der Waals surface area contributed by atoms with Gasteiger partial charge >= 0.3 is 0 Å². The van der Waals surface area contributed by atoms with Gasteiger partial charge in [0.1, 0.15) is 0 Å².